The van der Waals surface area contributed by atoms with Crippen LogP contribution in [0.4, 0.5) is 0 Å². The van der Waals surface area contributed by atoms with Crippen LogP contribution in [0.15, 0.2) is 60.7 Å². The Bertz CT molecular complexity index is 648. The summed E-state index contributed by atoms with van der Waals surface area (Å²) in [5, 5.41) is 2.60. The van der Waals surface area contributed by atoms with E-state index in [1.165, 1.54) is 11.0 Å². The Balaban J connectivity index is 2.20. The minimum Gasteiger partial charge on any atom is -0.298 e. The van der Waals surface area contributed by atoms with Gasteiger partial charge in [0.05, 0.1) is 0 Å². The molecule has 1 aromatic rings. The molecule has 21 heavy (non-hydrogen) atoms. The lowest BCUT2D eigenvalue weighted by atomic mass is 10.1. The summed E-state index contributed by atoms with van der Waals surface area (Å²) in [7, 11) is 0. The third-order valence-corrected chi connectivity index (χ3v) is 3.17. The highest BCUT2D eigenvalue weighted by molar-refractivity contribution is 7.80. The van der Waals surface area contributed by atoms with Crippen molar-refractivity contribution in [1.82, 2.24) is 10.2 Å². The number of hydrogen-bond acceptors (Lipinski definition) is 3. The Morgan fingerprint density at radius 1 is 1.24 bits per heavy atom. The monoisotopic (exact) mass is 298 g/mol. The number of benzene rings is 1. The molecule has 1 fully saturated rings. The number of rotatable bonds is 4. The van der Waals surface area contributed by atoms with Gasteiger partial charge in [-0.05, 0) is 23.9 Å². The number of carbonyl (C=O) groups is 2. The predicted molar refractivity (Wildman–Crippen MR) is 86.2 cm³/mol. The number of hydrogen-bond donors (Lipinski definition) is 1. The number of allylic oxidation sites excluding steroid dienone is 2. The van der Waals surface area contributed by atoms with Gasteiger partial charge in [0.15, 0.2) is 5.11 Å². The molecule has 1 saturated heterocycles. The molecule has 2 rings (SSSR count). The van der Waals surface area contributed by atoms with Crippen molar-refractivity contribution < 1.29 is 9.59 Å². The molecule has 1 aliphatic heterocycles. The van der Waals surface area contributed by atoms with Gasteiger partial charge in [0.2, 0.25) is 0 Å². The number of carbonyl (C=O) groups excluding carboxylic acids is 2. The normalized spacial score (nSPS) is 17.4. The Hall–Kier alpha value is -2.53. The van der Waals surface area contributed by atoms with Crippen molar-refractivity contribution in [2.45, 2.75) is 0 Å². The number of amides is 2. The first kappa shape index (κ1) is 14.9. The Morgan fingerprint density at radius 3 is 2.62 bits per heavy atom. The summed E-state index contributed by atoms with van der Waals surface area (Å²) in [6.45, 7) is 3.83. The van der Waals surface area contributed by atoms with E-state index in [1.807, 2.05) is 36.4 Å². The van der Waals surface area contributed by atoms with Crippen molar-refractivity contribution >= 4 is 35.2 Å². The predicted octanol–water partition coefficient (Wildman–Crippen LogP) is 2.06. The lowest BCUT2D eigenvalue weighted by Gasteiger charge is -2.27. The highest BCUT2D eigenvalue weighted by Crippen LogP contribution is 2.11. The summed E-state index contributed by atoms with van der Waals surface area (Å²) in [6.07, 6.45) is 6.53. The van der Waals surface area contributed by atoms with Gasteiger partial charge in [0.1, 0.15) is 5.57 Å². The van der Waals surface area contributed by atoms with Crippen LogP contribution in [0.25, 0.3) is 6.08 Å². The smallest absolute Gasteiger partial charge is 0.265 e. The van der Waals surface area contributed by atoms with Crippen LogP contribution in [0.2, 0.25) is 0 Å². The van der Waals surface area contributed by atoms with E-state index < -0.39 is 11.8 Å². The summed E-state index contributed by atoms with van der Waals surface area (Å²) in [5.41, 5.74) is 1.04. The van der Waals surface area contributed by atoms with E-state index in [9.17, 15) is 9.59 Å². The van der Waals surface area contributed by atoms with Crippen LogP contribution in [0, 0.1) is 0 Å². The number of thiocarbonyl (C=S) groups is 1. The molecule has 1 N–H and O–H groups in total. The Labute approximate surface area is 128 Å². The van der Waals surface area contributed by atoms with Crippen LogP contribution < -0.4 is 5.32 Å². The molecule has 1 aliphatic rings. The molecule has 1 heterocycles. The van der Waals surface area contributed by atoms with Crippen molar-refractivity contribution in [3.05, 3.63) is 66.3 Å². The second-order valence-corrected chi connectivity index (χ2v) is 4.70. The van der Waals surface area contributed by atoms with Gasteiger partial charge in [-0.3, -0.25) is 19.8 Å². The molecule has 0 spiro atoms. The van der Waals surface area contributed by atoms with Gasteiger partial charge in [0.25, 0.3) is 11.8 Å². The zero-order valence-electron chi connectivity index (χ0n) is 11.3. The molecule has 0 bridgehead atoms. The fourth-order valence-corrected chi connectivity index (χ4v) is 2.08. The highest BCUT2D eigenvalue weighted by atomic mass is 32.1. The van der Waals surface area contributed by atoms with Gasteiger partial charge in [0, 0.05) is 6.54 Å². The lowest BCUT2D eigenvalue weighted by molar-refractivity contribution is -0.128. The lowest BCUT2D eigenvalue weighted by Crippen LogP contribution is -2.53. The van der Waals surface area contributed by atoms with E-state index in [0.29, 0.717) is 0 Å². The van der Waals surface area contributed by atoms with Gasteiger partial charge < -0.3 is 0 Å². The second kappa shape index (κ2) is 6.76. The van der Waals surface area contributed by atoms with E-state index in [2.05, 4.69) is 11.9 Å². The van der Waals surface area contributed by atoms with Crippen LogP contribution in [0.1, 0.15) is 5.56 Å². The van der Waals surface area contributed by atoms with Gasteiger partial charge in [-0.25, -0.2) is 0 Å². The molecule has 106 valence electrons. The molecular formula is C16H14N2O2S. The van der Waals surface area contributed by atoms with E-state index in [-0.39, 0.29) is 17.2 Å². The van der Waals surface area contributed by atoms with Gasteiger partial charge in [-0.1, -0.05) is 48.6 Å². The largest absolute Gasteiger partial charge is 0.298 e. The van der Waals surface area contributed by atoms with Gasteiger partial charge in [-0.2, -0.15) is 0 Å². The third kappa shape index (κ3) is 3.52. The fraction of sp³-hybridized carbons (Fsp3) is 0.0625. The molecule has 0 aliphatic carbocycles. The van der Waals surface area contributed by atoms with Crippen LogP contribution in [0.3, 0.4) is 0 Å². The van der Waals surface area contributed by atoms with E-state index in [4.69, 9.17) is 12.2 Å². The maximum absolute atomic E-state index is 12.2. The van der Waals surface area contributed by atoms with Crippen molar-refractivity contribution in [3.8, 4) is 0 Å². The van der Waals surface area contributed by atoms with Gasteiger partial charge in [-0.15, -0.1) is 6.58 Å². The minimum atomic E-state index is -0.483. The average Bonchev–Trinajstić information content (AvgIpc) is 2.48. The first-order valence-electron chi connectivity index (χ1n) is 6.35. The van der Waals surface area contributed by atoms with E-state index >= 15 is 0 Å². The molecule has 0 radical (unpaired) electrons. The van der Waals surface area contributed by atoms with E-state index in [1.54, 1.807) is 12.2 Å². The maximum Gasteiger partial charge on any atom is 0.265 e. The summed E-state index contributed by atoms with van der Waals surface area (Å²) >= 11 is 4.97. The molecule has 0 aromatic heterocycles. The zero-order chi connectivity index (χ0) is 15.2. The van der Waals surface area contributed by atoms with Crippen molar-refractivity contribution in [1.29, 1.82) is 0 Å². The minimum absolute atomic E-state index is 0.0534. The molecule has 5 heteroatoms. The quantitative estimate of drug-likeness (QED) is 0.400. The number of nitrogens with zero attached hydrogens (tertiary/aromatic N) is 1. The second-order valence-electron chi connectivity index (χ2n) is 4.31. The van der Waals surface area contributed by atoms with Gasteiger partial charge >= 0.3 is 0 Å². The van der Waals surface area contributed by atoms with Crippen LogP contribution in [-0.2, 0) is 9.59 Å². The third-order valence-electron chi connectivity index (χ3n) is 2.85. The molecule has 4 nitrogen and oxygen atoms in total. The van der Waals surface area contributed by atoms with E-state index in [0.717, 1.165) is 5.56 Å². The average molecular weight is 298 g/mol. The maximum atomic E-state index is 12.2. The summed E-state index contributed by atoms with van der Waals surface area (Å²) in [4.78, 5) is 25.3. The molecule has 0 atom stereocenters. The standard InChI is InChI=1S/C16H14N2O2S/c1-2-11-18-15(20)13(14(19)17-16(18)21)10-6-9-12-7-4-3-5-8-12/h2-10H,1,11H2,(H,17,19,21)/b9-6-,13-10+. The van der Waals surface area contributed by atoms with Crippen LogP contribution >= 0.6 is 12.2 Å². The molecule has 2 amide bonds. The Morgan fingerprint density at radius 2 is 1.95 bits per heavy atom. The Kier molecular flexibility index (Phi) is 4.79. The molecule has 0 unspecified atom stereocenters. The topological polar surface area (TPSA) is 49.4 Å². The van der Waals surface area contributed by atoms with Crippen LogP contribution in [0.5, 0.6) is 0 Å². The van der Waals surface area contributed by atoms with Crippen molar-refractivity contribution in [2.75, 3.05) is 6.54 Å². The SMILES string of the molecule is C=CCN1C(=O)/C(=C/C=C\c2ccccc2)C(=O)NC1=S. The first-order valence-corrected chi connectivity index (χ1v) is 6.76. The summed E-state index contributed by atoms with van der Waals surface area (Å²) < 4.78 is 0. The summed E-state index contributed by atoms with van der Waals surface area (Å²) in [5.74, 6) is -0.899. The summed E-state index contributed by atoms with van der Waals surface area (Å²) in [6, 6.07) is 9.60. The fourth-order valence-electron chi connectivity index (χ4n) is 1.83. The van der Waals surface area contributed by atoms with Crippen molar-refractivity contribution in [2.24, 2.45) is 0 Å². The molecular weight excluding hydrogens is 284 g/mol. The molecule has 0 saturated carbocycles. The van der Waals surface area contributed by atoms with Crippen molar-refractivity contribution in [3.63, 3.8) is 0 Å². The number of nitrogens with one attached hydrogen (secondary N) is 1. The highest BCUT2D eigenvalue weighted by Gasteiger charge is 2.31. The zero-order valence-corrected chi connectivity index (χ0v) is 12.1. The molecule has 1 aromatic carbocycles. The first-order chi connectivity index (χ1) is 10.1. The van der Waals surface area contributed by atoms with Crippen LogP contribution in [-0.4, -0.2) is 28.4 Å².